The normalized spacial score (nSPS) is 18.6. The van der Waals surface area contributed by atoms with Gasteiger partial charge in [-0.2, -0.15) is 4.98 Å². The quantitative estimate of drug-likeness (QED) is 0.881. The molecule has 5 nitrogen and oxygen atoms in total. The lowest BCUT2D eigenvalue weighted by Crippen LogP contribution is -2.32. The smallest absolute Gasteiger partial charge is 0.228 e. The van der Waals surface area contributed by atoms with Crippen LogP contribution >= 0.6 is 11.6 Å². The van der Waals surface area contributed by atoms with E-state index in [2.05, 4.69) is 20.8 Å². The van der Waals surface area contributed by atoms with E-state index in [-0.39, 0.29) is 0 Å². The maximum atomic E-state index is 5.96. The fraction of sp³-hybridized carbons (Fsp3) is 0.429. The van der Waals surface area contributed by atoms with E-state index < -0.39 is 0 Å². The first-order valence-electron chi connectivity index (χ1n) is 6.84. The molecule has 1 aliphatic rings. The summed E-state index contributed by atoms with van der Waals surface area (Å²) in [7, 11) is 0. The SMILES string of the molecule is Clc1cccc(-c2noc(CCNC3CCNC3)n2)c1. The minimum Gasteiger partial charge on any atom is -0.339 e. The molecule has 1 unspecified atom stereocenters. The number of benzene rings is 1. The van der Waals surface area contributed by atoms with Gasteiger partial charge in [0.1, 0.15) is 0 Å². The molecule has 1 aromatic carbocycles. The van der Waals surface area contributed by atoms with Crippen molar-refractivity contribution in [3.05, 3.63) is 35.2 Å². The molecule has 2 aromatic rings. The van der Waals surface area contributed by atoms with Crippen LogP contribution in [-0.2, 0) is 6.42 Å². The lowest BCUT2D eigenvalue weighted by Gasteiger charge is -2.08. The number of aromatic nitrogens is 2. The fourth-order valence-electron chi connectivity index (χ4n) is 2.31. The highest BCUT2D eigenvalue weighted by molar-refractivity contribution is 6.30. The van der Waals surface area contributed by atoms with Crippen LogP contribution in [0.15, 0.2) is 28.8 Å². The number of nitrogens with one attached hydrogen (secondary N) is 2. The second-order valence-corrected chi connectivity index (χ2v) is 5.35. The van der Waals surface area contributed by atoms with Crippen molar-refractivity contribution in [1.29, 1.82) is 0 Å². The molecule has 0 saturated carbocycles. The van der Waals surface area contributed by atoms with E-state index in [0.29, 0.717) is 22.8 Å². The van der Waals surface area contributed by atoms with Gasteiger partial charge in [0.05, 0.1) is 0 Å². The predicted molar refractivity (Wildman–Crippen MR) is 77.7 cm³/mol. The summed E-state index contributed by atoms with van der Waals surface area (Å²) in [4.78, 5) is 4.39. The molecule has 0 bridgehead atoms. The molecule has 1 aliphatic heterocycles. The summed E-state index contributed by atoms with van der Waals surface area (Å²) < 4.78 is 5.26. The zero-order chi connectivity index (χ0) is 13.8. The van der Waals surface area contributed by atoms with Crippen molar-refractivity contribution in [2.75, 3.05) is 19.6 Å². The van der Waals surface area contributed by atoms with Crippen LogP contribution in [0, 0.1) is 0 Å². The largest absolute Gasteiger partial charge is 0.339 e. The van der Waals surface area contributed by atoms with E-state index in [1.54, 1.807) is 0 Å². The van der Waals surface area contributed by atoms with E-state index in [9.17, 15) is 0 Å². The van der Waals surface area contributed by atoms with Crippen LogP contribution in [0.4, 0.5) is 0 Å². The standard InChI is InChI=1S/C14H17ClN4O/c15-11-3-1-2-10(8-11)14-18-13(20-19-14)5-7-17-12-4-6-16-9-12/h1-3,8,12,16-17H,4-7,9H2. The molecule has 106 valence electrons. The average molecular weight is 293 g/mol. The predicted octanol–water partition coefficient (Wildman–Crippen LogP) is 1.88. The van der Waals surface area contributed by atoms with E-state index in [0.717, 1.165) is 31.6 Å². The molecule has 6 heteroatoms. The second-order valence-electron chi connectivity index (χ2n) is 4.92. The Morgan fingerprint density at radius 3 is 3.20 bits per heavy atom. The van der Waals surface area contributed by atoms with Crippen LogP contribution < -0.4 is 10.6 Å². The summed E-state index contributed by atoms with van der Waals surface area (Å²) in [6.07, 6.45) is 1.92. The van der Waals surface area contributed by atoms with Crippen LogP contribution in [0.1, 0.15) is 12.3 Å². The molecule has 2 N–H and O–H groups in total. The molecular weight excluding hydrogens is 276 g/mol. The molecule has 0 amide bonds. The first-order chi connectivity index (χ1) is 9.81. The summed E-state index contributed by atoms with van der Waals surface area (Å²) in [5.74, 6) is 1.24. The lowest BCUT2D eigenvalue weighted by atomic mass is 10.2. The van der Waals surface area contributed by atoms with E-state index in [1.165, 1.54) is 6.42 Å². The monoisotopic (exact) mass is 292 g/mol. The maximum Gasteiger partial charge on any atom is 0.228 e. The maximum absolute atomic E-state index is 5.96. The Balaban J connectivity index is 1.56. The van der Waals surface area contributed by atoms with Crippen LogP contribution in [0.5, 0.6) is 0 Å². The first-order valence-corrected chi connectivity index (χ1v) is 7.22. The third-order valence-corrected chi connectivity index (χ3v) is 3.62. The van der Waals surface area contributed by atoms with Crippen molar-refractivity contribution >= 4 is 11.6 Å². The third-order valence-electron chi connectivity index (χ3n) is 3.38. The van der Waals surface area contributed by atoms with Gasteiger partial charge in [0, 0.05) is 36.1 Å². The highest BCUT2D eigenvalue weighted by Crippen LogP contribution is 2.19. The Bertz CT molecular complexity index is 566. The van der Waals surface area contributed by atoms with Crippen LogP contribution in [0.3, 0.4) is 0 Å². The molecule has 0 spiro atoms. The zero-order valence-electron chi connectivity index (χ0n) is 11.1. The molecule has 3 rings (SSSR count). The number of hydrogen-bond donors (Lipinski definition) is 2. The first kappa shape index (κ1) is 13.5. The van der Waals surface area contributed by atoms with Crippen molar-refractivity contribution in [2.45, 2.75) is 18.9 Å². The van der Waals surface area contributed by atoms with Gasteiger partial charge in [-0.25, -0.2) is 0 Å². The summed E-state index contributed by atoms with van der Waals surface area (Å²) in [6.45, 7) is 2.98. The molecule has 0 aliphatic carbocycles. The van der Waals surface area contributed by atoms with Gasteiger partial charge in [-0.1, -0.05) is 28.9 Å². The van der Waals surface area contributed by atoms with Gasteiger partial charge in [0.2, 0.25) is 11.7 Å². The highest BCUT2D eigenvalue weighted by Gasteiger charge is 2.14. The highest BCUT2D eigenvalue weighted by atomic mass is 35.5. The Kier molecular flexibility index (Phi) is 4.30. The summed E-state index contributed by atoms with van der Waals surface area (Å²) in [6, 6.07) is 8.01. The van der Waals surface area contributed by atoms with Gasteiger partial charge in [-0.05, 0) is 25.1 Å². The number of halogens is 1. The van der Waals surface area contributed by atoms with E-state index >= 15 is 0 Å². The summed E-state index contributed by atoms with van der Waals surface area (Å²) in [5, 5.41) is 11.5. The molecular formula is C14H17ClN4O. The van der Waals surface area contributed by atoms with Crippen LogP contribution in [0.25, 0.3) is 11.4 Å². The van der Waals surface area contributed by atoms with Gasteiger partial charge in [-0.15, -0.1) is 0 Å². The van der Waals surface area contributed by atoms with Crippen LogP contribution in [0.2, 0.25) is 5.02 Å². The molecule has 20 heavy (non-hydrogen) atoms. The summed E-state index contributed by atoms with van der Waals surface area (Å²) in [5.41, 5.74) is 0.875. The second kappa shape index (κ2) is 6.35. The number of rotatable bonds is 5. The van der Waals surface area contributed by atoms with Gasteiger partial charge in [0.15, 0.2) is 0 Å². The zero-order valence-corrected chi connectivity index (χ0v) is 11.9. The number of hydrogen-bond acceptors (Lipinski definition) is 5. The molecule has 0 radical (unpaired) electrons. The Morgan fingerprint density at radius 2 is 2.40 bits per heavy atom. The fourth-order valence-corrected chi connectivity index (χ4v) is 2.50. The Morgan fingerprint density at radius 1 is 1.45 bits per heavy atom. The van der Waals surface area contributed by atoms with Gasteiger partial charge in [0.25, 0.3) is 0 Å². The van der Waals surface area contributed by atoms with Crippen molar-refractivity contribution in [3.63, 3.8) is 0 Å². The van der Waals surface area contributed by atoms with E-state index in [4.69, 9.17) is 16.1 Å². The molecule has 1 aromatic heterocycles. The Labute approximate surface area is 122 Å². The minimum atomic E-state index is 0.560. The molecule has 1 atom stereocenters. The van der Waals surface area contributed by atoms with Crippen molar-refractivity contribution in [1.82, 2.24) is 20.8 Å². The molecule has 1 saturated heterocycles. The topological polar surface area (TPSA) is 63.0 Å². The van der Waals surface area contributed by atoms with Crippen molar-refractivity contribution < 1.29 is 4.52 Å². The van der Waals surface area contributed by atoms with Crippen LogP contribution in [-0.4, -0.2) is 35.8 Å². The van der Waals surface area contributed by atoms with E-state index in [1.807, 2.05) is 24.3 Å². The Hall–Kier alpha value is -1.43. The minimum absolute atomic E-state index is 0.560. The van der Waals surface area contributed by atoms with Gasteiger partial charge < -0.3 is 15.2 Å². The lowest BCUT2D eigenvalue weighted by molar-refractivity contribution is 0.373. The molecule has 2 heterocycles. The number of nitrogens with zero attached hydrogens (tertiary/aromatic N) is 2. The van der Waals surface area contributed by atoms with Gasteiger partial charge >= 0.3 is 0 Å². The van der Waals surface area contributed by atoms with Gasteiger partial charge in [-0.3, -0.25) is 0 Å². The van der Waals surface area contributed by atoms with Crippen molar-refractivity contribution in [3.8, 4) is 11.4 Å². The molecule has 1 fully saturated rings. The third kappa shape index (κ3) is 3.36. The summed E-state index contributed by atoms with van der Waals surface area (Å²) >= 11 is 5.96. The average Bonchev–Trinajstić information content (AvgIpc) is 3.10. The van der Waals surface area contributed by atoms with Crippen molar-refractivity contribution in [2.24, 2.45) is 0 Å².